The monoisotopic (exact) mass is 332 g/mol. The van der Waals surface area contributed by atoms with Gasteiger partial charge < -0.3 is 15.3 Å². The molecule has 0 radical (unpaired) electrons. The summed E-state index contributed by atoms with van der Waals surface area (Å²) in [6, 6.07) is 20.3. The van der Waals surface area contributed by atoms with E-state index in [2.05, 4.69) is 0 Å². The van der Waals surface area contributed by atoms with E-state index in [1.807, 2.05) is 36.4 Å². The van der Waals surface area contributed by atoms with Gasteiger partial charge in [-0.2, -0.15) is 0 Å². The average molecular weight is 332 g/mol. The normalized spacial score (nSPS) is 18.5. The summed E-state index contributed by atoms with van der Waals surface area (Å²) in [5, 5.41) is 34.3. The number of aliphatic carboxylic acids is 1. The van der Waals surface area contributed by atoms with Gasteiger partial charge in [0.1, 0.15) is 5.92 Å². The molecule has 25 heavy (non-hydrogen) atoms. The van der Waals surface area contributed by atoms with Gasteiger partial charge in [0, 0.05) is 5.57 Å². The van der Waals surface area contributed by atoms with E-state index in [0.717, 1.165) is 10.8 Å². The minimum Gasteiger partial charge on any atom is -0.481 e. The summed E-state index contributed by atoms with van der Waals surface area (Å²) in [5.74, 6) is -5.24. The Bertz CT molecular complexity index is 1110. The van der Waals surface area contributed by atoms with Crippen molar-refractivity contribution in [2.24, 2.45) is 5.92 Å². The lowest BCUT2D eigenvalue weighted by Crippen LogP contribution is -2.51. The molecule has 0 unspecified atom stereocenters. The number of hydrogen-bond acceptors (Lipinski definition) is 3. The van der Waals surface area contributed by atoms with Gasteiger partial charge in [-0.1, -0.05) is 72.8 Å². The van der Waals surface area contributed by atoms with E-state index in [0.29, 0.717) is 16.0 Å². The molecule has 4 heteroatoms. The van der Waals surface area contributed by atoms with Gasteiger partial charge >= 0.3 is 5.97 Å². The first-order valence-corrected chi connectivity index (χ1v) is 7.97. The maximum absolute atomic E-state index is 11.7. The molecule has 0 saturated heterocycles. The van der Waals surface area contributed by atoms with Crippen molar-refractivity contribution in [2.75, 3.05) is 0 Å². The Hall–Kier alpha value is -2.95. The van der Waals surface area contributed by atoms with E-state index in [-0.39, 0.29) is 5.57 Å². The quantitative estimate of drug-likeness (QED) is 0.617. The lowest BCUT2D eigenvalue weighted by atomic mass is 9.80. The first-order chi connectivity index (χ1) is 12.0. The van der Waals surface area contributed by atoms with E-state index in [1.165, 1.54) is 6.08 Å². The largest absolute Gasteiger partial charge is 0.481 e. The summed E-state index contributed by atoms with van der Waals surface area (Å²) in [7, 11) is 0. The highest BCUT2D eigenvalue weighted by atomic mass is 16.5. The molecule has 0 aromatic heterocycles. The number of carboxylic acid groups (broad SMARTS) is 1. The first kappa shape index (κ1) is 15.6. The number of carbonyl (C=O) groups is 1. The Labute approximate surface area is 143 Å². The lowest BCUT2D eigenvalue weighted by molar-refractivity contribution is -0.169. The van der Waals surface area contributed by atoms with Crippen molar-refractivity contribution >= 4 is 28.4 Å². The maximum atomic E-state index is 11.7. The first-order valence-electron chi connectivity index (χ1n) is 7.97. The highest BCUT2D eigenvalue weighted by Gasteiger charge is 2.44. The topological polar surface area (TPSA) is 77.8 Å². The third-order valence-electron chi connectivity index (χ3n) is 4.70. The Morgan fingerprint density at radius 3 is 2.36 bits per heavy atom. The van der Waals surface area contributed by atoms with Crippen LogP contribution in [0.3, 0.4) is 0 Å². The summed E-state index contributed by atoms with van der Waals surface area (Å²) in [5.41, 5.74) is 0.838. The minimum absolute atomic E-state index is 0.217. The van der Waals surface area contributed by atoms with E-state index in [9.17, 15) is 20.1 Å². The number of carboxylic acids is 1. The summed E-state index contributed by atoms with van der Waals surface area (Å²) >= 11 is 0. The van der Waals surface area contributed by atoms with Gasteiger partial charge in [-0.15, -0.1) is 0 Å². The zero-order valence-electron chi connectivity index (χ0n) is 13.3. The van der Waals surface area contributed by atoms with Crippen molar-refractivity contribution in [1.29, 1.82) is 0 Å². The molecular formula is C21H16O4. The van der Waals surface area contributed by atoms with Crippen LogP contribution in [0.4, 0.5) is 0 Å². The second kappa shape index (κ2) is 5.55. The smallest absolute Gasteiger partial charge is 0.316 e. The maximum Gasteiger partial charge on any atom is 0.316 e. The van der Waals surface area contributed by atoms with Crippen LogP contribution >= 0.6 is 0 Å². The average Bonchev–Trinajstić information content (AvgIpc) is 2.60. The molecule has 0 bridgehead atoms. The molecule has 0 amide bonds. The third-order valence-corrected chi connectivity index (χ3v) is 4.70. The van der Waals surface area contributed by atoms with Crippen molar-refractivity contribution in [3.8, 4) is 0 Å². The Kier molecular flexibility index (Phi) is 3.46. The van der Waals surface area contributed by atoms with Crippen molar-refractivity contribution in [1.82, 2.24) is 0 Å². The Balaban J connectivity index is 2.18. The number of fused-ring (bicyclic) bond motifs is 2. The van der Waals surface area contributed by atoms with Gasteiger partial charge in [0.25, 0.3) is 0 Å². The van der Waals surface area contributed by atoms with Crippen LogP contribution in [0.15, 0.2) is 66.7 Å². The van der Waals surface area contributed by atoms with Crippen LogP contribution < -0.4 is 10.4 Å². The summed E-state index contributed by atoms with van der Waals surface area (Å²) in [6.45, 7) is 0. The van der Waals surface area contributed by atoms with Crippen molar-refractivity contribution in [2.45, 2.75) is 5.79 Å². The van der Waals surface area contributed by atoms with Crippen LogP contribution in [-0.4, -0.2) is 27.1 Å². The SMILES string of the molecule is O=C(O)[C@@H]1C=c2ccccc2=C(c2cccc3ccccc23)C1(O)O. The van der Waals surface area contributed by atoms with Crippen LogP contribution in [0.25, 0.3) is 22.4 Å². The molecule has 3 N–H and O–H groups in total. The zero-order valence-corrected chi connectivity index (χ0v) is 13.3. The fourth-order valence-corrected chi connectivity index (χ4v) is 3.55. The molecule has 0 fully saturated rings. The van der Waals surface area contributed by atoms with E-state index in [4.69, 9.17) is 0 Å². The van der Waals surface area contributed by atoms with Crippen molar-refractivity contribution < 1.29 is 20.1 Å². The van der Waals surface area contributed by atoms with Gasteiger partial charge in [0.2, 0.25) is 5.79 Å². The highest BCUT2D eigenvalue weighted by Crippen LogP contribution is 2.35. The van der Waals surface area contributed by atoms with Crippen LogP contribution in [-0.2, 0) is 4.79 Å². The zero-order chi connectivity index (χ0) is 17.6. The number of rotatable bonds is 2. The molecule has 3 aromatic carbocycles. The van der Waals surface area contributed by atoms with E-state index < -0.39 is 17.7 Å². The van der Waals surface area contributed by atoms with E-state index in [1.54, 1.807) is 30.3 Å². The second-order valence-corrected chi connectivity index (χ2v) is 6.20. The molecule has 0 saturated carbocycles. The number of benzene rings is 3. The molecule has 124 valence electrons. The molecule has 1 aliphatic carbocycles. The minimum atomic E-state index is -2.51. The van der Waals surface area contributed by atoms with Gasteiger partial charge in [-0.3, -0.25) is 4.79 Å². The Morgan fingerprint density at radius 2 is 1.56 bits per heavy atom. The lowest BCUT2D eigenvalue weighted by Gasteiger charge is -2.32. The summed E-state index contributed by atoms with van der Waals surface area (Å²) in [4.78, 5) is 11.7. The second-order valence-electron chi connectivity index (χ2n) is 6.20. The molecule has 4 rings (SSSR count). The van der Waals surface area contributed by atoms with Crippen LogP contribution in [0.2, 0.25) is 0 Å². The van der Waals surface area contributed by atoms with Crippen LogP contribution in [0, 0.1) is 5.92 Å². The number of aliphatic hydroxyl groups is 2. The molecule has 0 heterocycles. The highest BCUT2D eigenvalue weighted by molar-refractivity contribution is 5.97. The van der Waals surface area contributed by atoms with E-state index >= 15 is 0 Å². The van der Waals surface area contributed by atoms with Gasteiger partial charge in [0.05, 0.1) is 0 Å². The van der Waals surface area contributed by atoms with Gasteiger partial charge in [-0.25, -0.2) is 0 Å². The molecule has 1 atom stereocenters. The number of hydrogen-bond donors (Lipinski definition) is 3. The standard InChI is InChI=1S/C21H16O4/c22-20(23)18-12-14-7-2-4-10-16(14)19(21(18,24)25)17-11-5-8-13-6-1-3-9-15(13)17/h1-12,18,24-25H,(H,22,23)/t18-/m0/s1. The van der Waals surface area contributed by atoms with Crippen molar-refractivity contribution in [3.05, 3.63) is 82.7 Å². The molecule has 4 nitrogen and oxygen atoms in total. The predicted molar refractivity (Wildman–Crippen MR) is 94.9 cm³/mol. The van der Waals surface area contributed by atoms with Gasteiger partial charge in [-0.05, 0) is 26.8 Å². The Morgan fingerprint density at radius 1 is 0.880 bits per heavy atom. The summed E-state index contributed by atoms with van der Waals surface area (Å²) in [6.07, 6.45) is 1.40. The van der Waals surface area contributed by atoms with Gasteiger partial charge in [0.15, 0.2) is 0 Å². The molecule has 0 spiro atoms. The fourth-order valence-electron chi connectivity index (χ4n) is 3.55. The molecule has 0 aliphatic heterocycles. The molecule has 3 aromatic rings. The summed E-state index contributed by atoms with van der Waals surface area (Å²) < 4.78 is 0. The molecular weight excluding hydrogens is 316 g/mol. The molecule has 1 aliphatic rings. The van der Waals surface area contributed by atoms with Crippen LogP contribution in [0.1, 0.15) is 5.56 Å². The fraction of sp³-hybridized carbons (Fsp3) is 0.0952. The van der Waals surface area contributed by atoms with Crippen LogP contribution in [0.5, 0.6) is 0 Å². The predicted octanol–water partition coefficient (Wildman–Crippen LogP) is 1.21. The third kappa shape index (κ3) is 2.35. The van der Waals surface area contributed by atoms with Crippen molar-refractivity contribution in [3.63, 3.8) is 0 Å².